The Morgan fingerprint density at radius 1 is 0.547 bits per heavy atom. The third kappa shape index (κ3) is 62.6. The van der Waals surface area contributed by atoms with Crippen molar-refractivity contribution in [2.45, 2.75) is 220 Å². The van der Waals surface area contributed by atoms with Gasteiger partial charge in [-0.3, -0.25) is 9.59 Å². The fourth-order valence-corrected chi connectivity index (χ4v) is 6.70. The van der Waals surface area contributed by atoms with Crippen molar-refractivity contribution >= 4 is 12.9 Å². The molecule has 0 bridgehead atoms. The van der Waals surface area contributed by atoms with E-state index in [-0.39, 0.29) is 19.6 Å². The van der Waals surface area contributed by atoms with Gasteiger partial charge in [0.2, 0.25) is 0 Å². The van der Waals surface area contributed by atoms with Crippen LogP contribution in [0.5, 0.6) is 0 Å². The zero-order chi connectivity index (χ0) is 40.1. The molecule has 0 aliphatic carbocycles. The number of hydrogen-bond acceptors (Lipinski definition) is 5. The number of aliphatic hydroxyl groups excluding tert-OH is 1. The Morgan fingerprint density at radius 2 is 0.887 bits per heavy atom. The van der Waals surface area contributed by atoms with E-state index in [1.54, 1.807) is 7.11 Å². The van der Waals surface area contributed by atoms with Gasteiger partial charge in [-0.25, -0.2) is 0 Å². The molecule has 0 spiro atoms. The van der Waals surface area contributed by atoms with Crippen LogP contribution in [-0.2, 0) is 14.3 Å². The first-order chi connectivity index (χ1) is 26.0. The summed E-state index contributed by atoms with van der Waals surface area (Å²) in [5, 5.41) is 23.1. The Bertz CT molecular complexity index is 663. The summed E-state index contributed by atoms with van der Waals surface area (Å²) in [6, 6.07) is 0. The highest BCUT2D eigenvalue weighted by Gasteiger charge is 2.09. The van der Waals surface area contributed by atoms with Crippen LogP contribution < -0.4 is 0 Å². The Hall–Kier alpha value is -1.66. The molecule has 7 heteroatoms. The van der Waals surface area contributed by atoms with Gasteiger partial charge in [0.15, 0.2) is 0 Å². The Morgan fingerprint density at radius 3 is 1.25 bits per heavy atom. The van der Waals surface area contributed by atoms with Crippen molar-refractivity contribution in [2.75, 3.05) is 40.0 Å². The lowest BCUT2D eigenvalue weighted by Crippen LogP contribution is -2.29. The average molecular weight is 756 g/mol. The average Bonchev–Trinajstić information content (AvgIpc) is 3.15. The summed E-state index contributed by atoms with van der Waals surface area (Å²) >= 11 is 0. The van der Waals surface area contributed by atoms with Crippen LogP contribution >= 0.6 is 0 Å². The second kappa shape index (κ2) is 59.6. The van der Waals surface area contributed by atoms with E-state index in [1.165, 1.54) is 193 Å². The zero-order valence-electron chi connectivity index (χ0n) is 36.0. The summed E-state index contributed by atoms with van der Waals surface area (Å²) in [5.41, 5.74) is 2.81. The zero-order valence-corrected chi connectivity index (χ0v) is 36.0. The van der Waals surface area contributed by atoms with Crippen molar-refractivity contribution in [2.24, 2.45) is 5.92 Å². The van der Waals surface area contributed by atoms with Crippen molar-refractivity contribution in [1.82, 2.24) is 4.90 Å². The molecular weight excluding hydrogens is 663 g/mol. The van der Waals surface area contributed by atoms with E-state index in [9.17, 15) is 5.11 Å². The molecule has 318 valence electrons. The Balaban J connectivity index is -0.000000519. The fraction of sp³-hybridized carbons (Fsp3) is 0.891. The first-order valence-electron chi connectivity index (χ1n) is 22.3. The summed E-state index contributed by atoms with van der Waals surface area (Å²) in [4.78, 5) is 19.2. The summed E-state index contributed by atoms with van der Waals surface area (Å²) in [5.74, 6) is 0.990. The smallest absolute Gasteiger partial charge is 0.290 e. The van der Waals surface area contributed by atoms with Crippen molar-refractivity contribution in [3.05, 3.63) is 18.4 Å². The molecule has 7 nitrogen and oxygen atoms in total. The van der Waals surface area contributed by atoms with Crippen molar-refractivity contribution in [1.29, 1.82) is 0 Å². The van der Waals surface area contributed by atoms with Crippen LogP contribution in [0, 0.1) is 5.92 Å². The first kappa shape index (κ1) is 58.1. The van der Waals surface area contributed by atoms with Crippen LogP contribution in [-0.4, -0.2) is 73.1 Å². The lowest BCUT2D eigenvalue weighted by Gasteiger charge is -2.21. The summed E-state index contributed by atoms with van der Waals surface area (Å²) in [6.45, 7) is 14.1. The van der Waals surface area contributed by atoms with Gasteiger partial charge in [0, 0.05) is 20.3 Å². The van der Waals surface area contributed by atoms with Gasteiger partial charge in [-0.1, -0.05) is 194 Å². The van der Waals surface area contributed by atoms with Gasteiger partial charge in [0.25, 0.3) is 12.9 Å². The molecule has 3 N–H and O–H groups in total. The minimum atomic E-state index is -0.250. The molecule has 0 radical (unpaired) electrons. The van der Waals surface area contributed by atoms with Gasteiger partial charge in [-0.15, -0.1) is 5.73 Å². The normalized spacial score (nSPS) is 10.4. The largest absolute Gasteiger partial charge is 0.483 e. The lowest BCUT2D eigenvalue weighted by atomic mass is 9.89. The number of carbonyl (C=O) groups is 2. The molecule has 0 saturated heterocycles. The van der Waals surface area contributed by atoms with Gasteiger partial charge in [-0.05, 0) is 57.2 Å². The number of carboxylic acid groups (broad SMARTS) is 2. The van der Waals surface area contributed by atoms with Crippen LogP contribution in [0.25, 0.3) is 0 Å². The molecular formula is C46H93NO6. The fourth-order valence-electron chi connectivity index (χ4n) is 6.70. The van der Waals surface area contributed by atoms with Crippen LogP contribution in [0.2, 0.25) is 0 Å². The molecule has 0 amide bonds. The Kier molecular flexibility index (Phi) is 65.3. The molecule has 0 aromatic carbocycles. The summed E-state index contributed by atoms with van der Waals surface area (Å²) < 4.78 is 5.15. The molecule has 0 heterocycles. The Labute approximate surface area is 330 Å². The number of aliphatic hydroxyl groups is 1. The van der Waals surface area contributed by atoms with Gasteiger partial charge in [0.05, 0.1) is 6.61 Å². The van der Waals surface area contributed by atoms with E-state index < -0.39 is 0 Å². The number of allylic oxidation sites excluding steroid dienone is 1. The maximum Gasteiger partial charge on any atom is 0.290 e. The van der Waals surface area contributed by atoms with Crippen LogP contribution in [0.3, 0.4) is 0 Å². The predicted octanol–water partition coefficient (Wildman–Crippen LogP) is 13.4. The SMILES string of the molecule is C=C=CCCCCCCCCCC.CCCCCCCCC(CCCCCCCC)CCCCCCCN(CCO)CCCCOC.O=CO.O=CO. The summed E-state index contributed by atoms with van der Waals surface area (Å²) in [6.07, 6.45) is 45.2. The van der Waals surface area contributed by atoms with Gasteiger partial charge in [-0.2, -0.15) is 0 Å². The molecule has 0 aromatic heterocycles. The highest BCUT2D eigenvalue weighted by atomic mass is 16.5. The number of hydrogen-bond donors (Lipinski definition) is 3. The quantitative estimate of drug-likeness (QED) is 0.0327. The second-order valence-electron chi connectivity index (χ2n) is 14.7. The van der Waals surface area contributed by atoms with E-state index in [4.69, 9.17) is 24.5 Å². The predicted molar refractivity (Wildman–Crippen MR) is 230 cm³/mol. The van der Waals surface area contributed by atoms with Crippen LogP contribution in [0.1, 0.15) is 220 Å². The maximum absolute atomic E-state index is 9.33. The topological polar surface area (TPSA) is 107 Å². The summed E-state index contributed by atoms with van der Waals surface area (Å²) in [7, 11) is 1.77. The van der Waals surface area contributed by atoms with Crippen LogP contribution in [0.4, 0.5) is 0 Å². The monoisotopic (exact) mass is 756 g/mol. The van der Waals surface area contributed by atoms with Gasteiger partial charge in [0.1, 0.15) is 0 Å². The van der Waals surface area contributed by atoms with Gasteiger partial charge >= 0.3 is 0 Å². The van der Waals surface area contributed by atoms with E-state index in [2.05, 4.69) is 38.0 Å². The second-order valence-corrected chi connectivity index (χ2v) is 14.7. The lowest BCUT2D eigenvalue weighted by molar-refractivity contribution is -0.123. The molecule has 0 aliphatic heterocycles. The third-order valence-electron chi connectivity index (χ3n) is 9.85. The molecule has 0 fully saturated rings. The van der Waals surface area contributed by atoms with E-state index in [1.807, 2.05) is 6.08 Å². The number of ether oxygens (including phenoxy) is 1. The van der Waals surface area contributed by atoms with Crippen molar-refractivity contribution in [3.8, 4) is 0 Å². The molecule has 0 rings (SSSR count). The highest BCUT2D eigenvalue weighted by molar-refractivity contribution is 5.33. The molecule has 0 unspecified atom stereocenters. The third-order valence-corrected chi connectivity index (χ3v) is 9.85. The van der Waals surface area contributed by atoms with Crippen LogP contribution in [0.15, 0.2) is 18.4 Å². The minimum absolute atomic E-state index is 0.250. The number of nitrogens with zero attached hydrogens (tertiary/aromatic N) is 1. The van der Waals surface area contributed by atoms with Crippen molar-refractivity contribution < 1.29 is 29.6 Å². The van der Waals surface area contributed by atoms with E-state index >= 15 is 0 Å². The minimum Gasteiger partial charge on any atom is -0.483 e. The number of methoxy groups -OCH3 is 1. The number of rotatable bonds is 38. The molecule has 0 aromatic rings. The molecule has 53 heavy (non-hydrogen) atoms. The highest BCUT2D eigenvalue weighted by Crippen LogP contribution is 2.25. The first-order valence-corrected chi connectivity index (χ1v) is 22.3. The van der Waals surface area contributed by atoms with E-state index in [0.717, 1.165) is 38.6 Å². The molecule has 0 atom stereocenters. The van der Waals surface area contributed by atoms with Crippen molar-refractivity contribution in [3.63, 3.8) is 0 Å². The van der Waals surface area contributed by atoms with E-state index in [0.29, 0.717) is 0 Å². The maximum atomic E-state index is 9.33. The molecule has 0 aliphatic rings. The number of unbranched alkanes of at least 4 members (excludes halogenated alkanes) is 23. The molecule has 0 saturated carbocycles. The standard InChI is InChI=1S/C31H65NO2.C13H24.2CH2O2/c1-4-6-8-10-13-17-23-31(24-18-14-11-9-7-5-2)25-19-15-12-16-20-26-32(28-29-33)27-21-22-30-34-3;1-3-5-7-9-11-13-12-10-8-6-4-2;2*2-1-3/h31,33H,4-30H2,1-3H3;5H,1,4,6-13H2,2H3;2*1H,(H,2,3). The van der Waals surface area contributed by atoms with Gasteiger partial charge < -0.3 is 25.0 Å².